The predicted molar refractivity (Wildman–Crippen MR) is 63.1 cm³/mol. The number of hydrogen-bond donors (Lipinski definition) is 0. The van der Waals surface area contributed by atoms with Crippen LogP contribution in [0, 0.1) is 5.82 Å². The number of halogens is 5. The molecule has 0 N–H and O–H groups in total. The van der Waals surface area contributed by atoms with E-state index in [0.717, 1.165) is 23.1 Å². The molecular formula is C12H7ClF4N2O. The van der Waals surface area contributed by atoms with E-state index in [4.69, 9.17) is 11.6 Å². The molecule has 0 unspecified atom stereocenters. The summed E-state index contributed by atoms with van der Waals surface area (Å²) in [5.74, 6) is -2.55. The van der Waals surface area contributed by atoms with Crippen LogP contribution in [0.5, 0.6) is 0 Å². The Labute approximate surface area is 115 Å². The molecule has 2 aromatic rings. The molecule has 106 valence electrons. The zero-order valence-corrected chi connectivity index (χ0v) is 10.5. The summed E-state index contributed by atoms with van der Waals surface area (Å²) in [6, 6.07) is 3.83. The first kappa shape index (κ1) is 14.5. The van der Waals surface area contributed by atoms with E-state index in [1.54, 1.807) is 0 Å². The molecule has 0 aliphatic rings. The van der Waals surface area contributed by atoms with Crippen LogP contribution in [0.15, 0.2) is 30.6 Å². The van der Waals surface area contributed by atoms with Crippen LogP contribution >= 0.6 is 11.6 Å². The topological polar surface area (TPSA) is 34.9 Å². The Morgan fingerprint density at radius 2 is 2.05 bits per heavy atom. The van der Waals surface area contributed by atoms with Crippen molar-refractivity contribution < 1.29 is 22.4 Å². The molecule has 1 aromatic carbocycles. The summed E-state index contributed by atoms with van der Waals surface area (Å²) in [4.78, 5) is 11.0. The summed E-state index contributed by atoms with van der Waals surface area (Å²) >= 11 is 5.70. The second kappa shape index (κ2) is 5.24. The minimum absolute atomic E-state index is 0.127. The van der Waals surface area contributed by atoms with Crippen molar-refractivity contribution in [1.29, 1.82) is 0 Å². The van der Waals surface area contributed by atoms with Crippen LogP contribution in [0.25, 0.3) is 0 Å². The summed E-state index contributed by atoms with van der Waals surface area (Å²) in [5.41, 5.74) is -0.438. The summed E-state index contributed by atoms with van der Waals surface area (Å²) in [6.45, 7) is -0.127. The number of ketones is 1. The van der Waals surface area contributed by atoms with E-state index in [1.807, 2.05) is 0 Å². The molecule has 0 aliphatic carbocycles. The zero-order chi connectivity index (χ0) is 14.9. The Morgan fingerprint density at radius 3 is 2.70 bits per heavy atom. The highest BCUT2D eigenvalue weighted by Gasteiger charge is 2.39. The van der Waals surface area contributed by atoms with Crippen molar-refractivity contribution in [3.63, 3.8) is 0 Å². The van der Waals surface area contributed by atoms with E-state index in [2.05, 4.69) is 5.10 Å². The quantitative estimate of drug-likeness (QED) is 0.643. The first-order valence-corrected chi connectivity index (χ1v) is 5.73. The predicted octanol–water partition coefficient (Wildman–Crippen LogP) is 3.47. The van der Waals surface area contributed by atoms with E-state index >= 15 is 0 Å². The fourth-order valence-corrected chi connectivity index (χ4v) is 1.76. The molecule has 0 aliphatic heterocycles. The molecular weight excluding hydrogens is 300 g/mol. The molecule has 1 heterocycles. The largest absolute Gasteiger partial charge is 0.454 e. The summed E-state index contributed by atoms with van der Waals surface area (Å²) < 4.78 is 51.2. The first-order chi connectivity index (χ1) is 9.27. The van der Waals surface area contributed by atoms with Gasteiger partial charge in [-0.1, -0.05) is 11.6 Å². The maximum Gasteiger partial charge on any atom is 0.454 e. The number of nitrogens with zero attached hydrogens (tertiary/aromatic N) is 2. The maximum absolute atomic E-state index is 13.5. The molecule has 0 amide bonds. The van der Waals surface area contributed by atoms with Crippen LogP contribution in [0.4, 0.5) is 17.6 Å². The number of aromatic nitrogens is 2. The third kappa shape index (κ3) is 3.16. The van der Waals surface area contributed by atoms with Gasteiger partial charge in [0.05, 0.1) is 18.3 Å². The summed E-state index contributed by atoms with van der Waals surface area (Å²) in [5, 5.41) is 3.89. The lowest BCUT2D eigenvalue weighted by Gasteiger charge is -2.04. The lowest BCUT2D eigenvalue weighted by molar-refractivity contribution is -0.0885. The van der Waals surface area contributed by atoms with Crippen molar-refractivity contribution >= 4 is 17.4 Å². The normalized spacial score (nSPS) is 11.7. The smallest absolute Gasteiger partial charge is 0.284 e. The highest BCUT2D eigenvalue weighted by molar-refractivity contribution is 6.30. The minimum atomic E-state index is -4.96. The molecule has 0 spiro atoms. The van der Waals surface area contributed by atoms with Gasteiger partial charge in [0, 0.05) is 16.8 Å². The number of rotatable bonds is 3. The fraction of sp³-hybridized carbons (Fsp3) is 0.167. The van der Waals surface area contributed by atoms with Gasteiger partial charge in [0.25, 0.3) is 5.78 Å². The lowest BCUT2D eigenvalue weighted by atomic mass is 10.2. The molecule has 0 fully saturated rings. The Bertz CT molecular complexity index is 651. The number of benzene rings is 1. The van der Waals surface area contributed by atoms with Crippen molar-refractivity contribution in [1.82, 2.24) is 9.78 Å². The molecule has 0 radical (unpaired) electrons. The summed E-state index contributed by atoms with van der Waals surface area (Å²) in [7, 11) is 0. The van der Waals surface area contributed by atoms with E-state index in [1.165, 1.54) is 12.1 Å². The van der Waals surface area contributed by atoms with E-state index in [-0.39, 0.29) is 12.1 Å². The first-order valence-electron chi connectivity index (χ1n) is 5.35. The Balaban J connectivity index is 2.22. The van der Waals surface area contributed by atoms with Gasteiger partial charge >= 0.3 is 6.18 Å². The van der Waals surface area contributed by atoms with Gasteiger partial charge < -0.3 is 0 Å². The molecule has 3 nitrogen and oxygen atoms in total. The molecule has 0 bridgehead atoms. The van der Waals surface area contributed by atoms with E-state index < -0.39 is 23.3 Å². The fourth-order valence-electron chi connectivity index (χ4n) is 1.57. The second-order valence-electron chi connectivity index (χ2n) is 3.99. The van der Waals surface area contributed by atoms with Crippen LogP contribution in [-0.4, -0.2) is 21.7 Å². The molecule has 2 rings (SSSR count). The number of Topliss-reactive ketones (excluding diaryl/α,β-unsaturated/α-hetero) is 1. The van der Waals surface area contributed by atoms with Crippen molar-refractivity contribution in [2.75, 3.05) is 0 Å². The average Bonchev–Trinajstić information content (AvgIpc) is 2.80. The van der Waals surface area contributed by atoms with Gasteiger partial charge in [-0.2, -0.15) is 18.3 Å². The monoisotopic (exact) mass is 306 g/mol. The maximum atomic E-state index is 13.5. The Morgan fingerprint density at radius 1 is 1.35 bits per heavy atom. The van der Waals surface area contributed by atoms with Crippen molar-refractivity contribution in [3.8, 4) is 0 Å². The highest BCUT2D eigenvalue weighted by Crippen LogP contribution is 2.21. The molecule has 1 aromatic heterocycles. The van der Waals surface area contributed by atoms with Gasteiger partial charge in [-0.15, -0.1) is 0 Å². The average molecular weight is 307 g/mol. The molecule has 8 heteroatoms. The van der Waals surface area contributed by atoms with Crippen LogP contribution in [-0.2, 0) is 6.54 Å². The van der Waals surface area contributed by atoms with E-state index in [9.17, 15) is 22.4 Å². The van der Waals surface area contributed by atoms with Crippen molar-refractivity contribution in [2.45, 2.75) is 12.7 Å². The van der Waals surface area contributed by atoms with Gasteiger partial charge in [0.1, 0.15) is 5.82 Å². The van der Waals surface area contributed by atoms with Crippen LogP contribution < -0.4 is 0 Å². The molecule has 0 saturated heterocycles. The van der Waals surface area contributed by atoms with Gasteiger partial charge in [0.15, 0.2) is 0 Å². The molecule has 20 heavy (non-hydrogen) atoms. The minimum Gasteiger partial charge on any atom is -0.284 e. The highest BCUT2D eigenvalue weighted by atomic mass is 35.5. The van der Waals surface area contributed by atoms with Crippen LogP contribution in [0.1, 0.15) is 15.9 Å². The van der Waals surface area contributed by atoms with Gasteiger partial charge in [-0.25, -0.2) is 4.39 Å². The number of alkyl halides is 3. The van der Waals surface area contributed by atoms with Gasteiger partial charge in [-0.05, 0) is 18.2 Å². The van der Waals surface area contributed by atoms with Crippen molar-refractivity contribution in [3.05, 3.63) is 52.6 Å². The van der Waals surface area contributed by atoms with Crippen LogP contribution in [0.3, 0.4) is 0 Å². The Kier molecular flexibility index (Phi) is 3.80. The molecule has 0 saturated carbocycles. The SMILES string of the molecule is O=C(c1cnn(Cc2cc(Cl)ccc2F)c1)C(F)(F)F. The van der Waals surface area contributed by atoms with Crippen molar-refractivity contribution in [2.24, 2.45) is 0 Å². The third-order valence-corrected chi connectivity index (χ3v) is 2.73. The number of carbonyl (C=O) groups excluding carboxylic acids is 1. The van der Waals surface area contributed by atoms with Gasteiger partial charge in [-0.3, -0.25) is 9.48 Å². The van der Waals surface area contributed by atoms with Gasteiger partial charge in [0.2, 0.25) is 0 Å². The molecule has 0 atom stereocenters. The van der Waals surface area contributed by atoms with E-state index in [0.29, 0.717) is 5.02 Å². The zero-order valence-electron chi connectivity index (χ0n) is 9.79. The second-order valence-corrected chi connectivity index (χ2v) is 4.43. The summed E-state index contributed by atoms with van der Waals surface area (Å²) in [6.07, 6.45) is -3.26. The third-order valence-electron chi connectivity index (χ3n) is 2.49. The lowest BCUT2D eigenvalue weighted by Crippen LogP contribution is -2.22. The standard InChI is InChI=1S/C12H7ClF4N2O/c13-9-1-2-10(14)7(3-9)5-19-6-8(4-18-19)11(20)12(15,16)17/h1-4,6H,5H2. The number of hydrogen-bond acceptors (Lipinski definition) is 2. The van der Waals surface area contributed by atoms with Crippen LogP contribution in [0.2, 0.25) is 5.02 Å². The Hall–Kier alpha value is -1.89. The number of carbonyl (C=O) groups is 1.